The first-order chi connectivity index (χ1) is 19.1. The summed E-state index contributed by atoms with van der Waals surface area (Å²) in [6.07, 6.45) is 6.38. The fourth-order valence-electron chi connectivity index (χ4n) is 3.39. The molecule has 0 aliphatic rings. The molecule has 0 aliphatic carbocycles. The Morgan fingerprint density at radius 3 is 1.10 bits per heavy atom. The van der Waals surface area contributed by atoms with Crippen molar-refractivity contribution in [3.63, 3.8) is 0 Å². The van der Waals surface area contributed by atoms with Gasteiger partial charge < -0.3 is 0 Å². The lowest BCUT2D eigenvalue weighted by atomic mass is 10.1. The summed E-state index contributed by atoms with van der Waals surface area (Å²) in [7, 11) is 0. The van der Waals surface area contributed by atoms with E-state index >= 15 is 0 Å². The molecule has 0 radical (unpaired) electrons. The Morgan fingerprint density at radius 1 is 0.525 bits per heavy atom. The van der Waals surface area contributed by atoms with E-state index in [0.29, 0.717) is 11.1 Å². The third-order valence-electron chi connectivity index (χ3n) is 5.73. The van der Waals surface area contributed by atoms with Gasteiger partial charge in [-0.1, -0.05) is 71.8 Å². The molecule has 4 aromatic carbocycles. The minimum absolute atomic E-state index is 0.0240. The zero-order chi connectivity index (χ0) is 29.1. The highest BCUT2D eigenvalue weighted by atomic mass is 16.6. The Bertz CT molecular complexity index is 1430. The molecule has 4 aromatic rings. The van der Waals surface area contributed by atoms with Crippen LogP contribution in [0.4, 0.5) is 11.4 Å². The second-order valence-electron chi connectivity index (χ2n) is 8.82. The zero-order valence-corrected chi connectivity index (χ0v) is 21.9. The molecule has 0 N–H and O–H groups in total. The van der Waals surface area contributed by atoms with Gasteiger partial charge in [0.2, 0.25) is 0 Å². The Balaban J connectivity index is 0.000000220. The highest BCUT2D eigenvalue weighted by Crippen LogP contribution is 2.15. The predicted octanol–water partition coefficient (Wildman–Crippen LogP) is 7.60. The quantitative estimate of drug-likeness (QED) is 0.0993. The molecular formula is C32H26N2O6. The van der Waals surface area contributed by atoms with Gasteiger partial charge in [-0.25, -0.2) is 0 Å². The number of aryl methyl sites for hydroxylation is 2. The number of benzene rings is 4. The molecule has 4 rings (SSSR count). The SMILES string of the molecule is Cc1ccc(/C=C/C(=O)c2ccc([N+](=O)[O-])cc2)cc1.Cc1ccc(/C=C/C(=O)c2ccc([N+](=O)[O-])cc2)cc1. The summed E-state index contributed by atoms with van der Waals surface area (Å²) in [5, 5.41) is 21.1. The molecule has 0 heterocycles. The van der Waals surface area contributed by atoms with Gasteiger partial charge >= 0.3 is 0 Å². The van der Waals surface area contributed by atoms with Gasteiger partial charge in [0, 0.05) is 35.4 Å². The van der Waals surface area contributed by atoms with Crippen LogP contribution >= 0.6 is 0 Å². The Labute approximate surface area is 231 Å². The normalized spacial score (nSPS) is 10.7. The lowest BCUT2D eigenvalue weighted by molar-refractivity contribution is -0.385. The Kier molecular flexibility index (Phi) is 10.1. The van der Waals surface area contributed by atoms with Gasteiger partial charge in [-0.15, -0.1) is 0 Å². The van der Waals surface area contributed by atoms with Crippen LogP contribution in [0.5, 0.6) is 0 Å². The van der Waals surface area contributed by atoms with E-state index in [9.17, 15) is 29.8 Å². The Hall–Kier alpha value is -5.50. The van der Waals surface area contributed by atoms with Crippen LogP contribution in [-0.2, 0) is 0 Å². The van der Waals surface area contributed by atoms with Crippen molar-refractivity contribution in [2.75, 3.05) is 0 Å². The molecule has 0 saturated carbocycles. The number of carbonyl (C=O) groups is 2. The van der Waals surface area contributed by atoms with Crippen molar-refractivity contribution >= 4 is 35.1 Å². The summed E-state index contributed by atoms with van der Waals surface area (Å²) in [6, 6.07) is 26.7. The van der Waals surface area contributed by atoms with Gasteiger partial charge in [0.1, 0.15) is 0 Å². The highest BCUT2D eigenvalue weighted by molar-refractivity contribution is 6.07. The van der Waals surface area contributed by atoms with Crippen LogP contribution in [0.3, 0.4) is 0 Å². The zero-order valence-electron chi connectivity index (χ0n) is 21.9. The van der Waals surface area contributed by atoms with Crippen molar-refractivity contribution in [1.82, 2.24) is 0 Å². The maximum absolute atomic E-state index is 11.9. The first-order valence-corrected chi connectivity index (χ1v) is 12.2. The third-order valence-corrected chi connectivity index (χ3v) is 5.73. The van der Waals surface area contributed by atoms with E-state index in [1.54, 1.807) is 12.2 Å². The maximum atomic E-state index is 11.9. The van der Waals surface area contributed by atoms with Crippen LogP contribution in [0, 0.1) is 34.1 Å². The van der Waals surface area contributed by atoms with Crippen LogP contribution < -0.4 is 0 Å². The van der Waals surface area contributed by atoms with Gasteiger partial charge in [-0.2, -0.15) is 0 Å². The largest absolute Gasteiger partial charge is 0.289 e. The van der Waals surface area contributed by atoms with Crippen LogP contribution in [0.1, 0.15) is 43.0 Å². The highest BCUT2D eigenvalue weighted by Gasteiger charge is 2.08. The van der Waals surface area contributed by atoms with E-state index < -0.39 is 9.85 Å². The van der Waals surface area contributed by atoms with Crippen molar-refractivity contribution < 1.29 is 19.4 Å². The molecule has 0 amide bonds. The van der Waals surface area contributed by atoms with Gasteiger partial charge in [-0.3, -0.25) is 29.8 Å². The van der Waals surface area contributed by atoms with Gasteiger partial charge in [0.25, 0.3) is 11.4 Å². The monoisotopic (exact) mass is 534 g/mol. The predicted molar refractivity (Wildman–Crippen MR) is 155 cm³/mol. The molecule has 0 unspecified atom stereocenters. The van der Waals surface area contributed by atoms with E-state index in [4.69, 9.17) is 0 Å². The number of hydrogen-bond acceptors (Lipinski definition) is 6. The van der Waals surface area contributed by atoms with E-state index in [2.05, 4.69) is 0 Å². The first kappa shape index (κ1) is 29.1. The van der Waals surface area contributed by atoms with Crippen molar-refractivity contribution in [3.05, 3.63) is 163 Å². The first-order valence-electron chi connectivity index (χ1n) is 12.2. The number of carbonyl (C=O) groups excluding carboxylic acids is 2. The number of non-ortho nitro benzene ring substituents is 2. The van der Waals surface area contributed by atoms with Crippen LogP contribution in [-0.4, -0.2) is 21.4 Å². The number of rotatable bonds is 8. The van der Waals surface area contributed by atoms with Crippen molar-refractivity contribution in [2.45, 2.75) is 13.8 Å². The van der Waals surface area contributed by atoms with Crippen LogP contribution in [0.25, 0.3) is 12.2 Å². The minimum Gasteiger partial charge on any atom is -0.289 e. The molecule has 8 heteroatoms. The molecular weight excluding hydrogens is 508 g/mol. The van der Waals surface area contributed by atoms with Crippen LogP contribution in [0.15, 0.2) is 109 Å². The number of nitro groups is 2. The lowest BCUT2D eigenvalue weighted by Gasteiger charge is -1.97. The summed E-state index contributed by atoms with van der Waals surface area (Å²) < 4.78 is 0. The molecule has 0 fully saturated rings. The van der Waals surface area contributed by atoms with Gasteiger partial charge in [0.05, 0.1) is 9.85 Å². The smallest absolute Gasteiger partial charge is 0.269 e. The average Bonchev–Trinajstić information content (AvgIpc) is 2.96. The topological polar surface area (TPSA) is 120 Å². The van der Waals surface area contributed by atoms with Crippen molar-refractivity contribution in [2.24, 2.45) is 0 Å². The third kappa shape index (κ3) is 8.81. The van der Waals surface area contributed by atoms with E-state index in [1.165, 1.54) is 60.7 Å². The van der Waals surface area contributed by atoms with Crippen molar-refractivity contribution in [1.29, 1.82) is 0 Å². The van der Waals surface area contributed by atoms with Gasteiger partial charge in [-0.05, 0) is 61.4 Å². The van der Waals surface area contributed by atoms with Gasteiger partial charge in [0.15, 0.2) is 11.6 Å². The lowest BCUT2D eigenvalue weighted by Crippen LogP contribution is -1.95. The molecule has 0 atom stereocenters. The molecule has 0 aromatic heterocycles. The number of nitro benzene ring substituents is 2. The second-order valence-corrected chi connectivity index (χ2v) is 8.82. The molecule has 0 bridgehead atoms. The second kappa shape index (κ2) is 13.9. The number of ketones is 2. The Morgan fingerprint density at radius 2 is 0.825 bits per heavy atom. The van der Waals surface area contributed by atoms with E-state index in [-0.39, 0.29) is 22.9 Å². The summed E-state index contributed by atoms with van der Waals surface area (Å²) >= 11 is 0. The molecule has 8 nitrogen and oxygen atoms in total. The molecule has 40 heavy (non-hydrogen) atoms. The minimum atomic E-state index is -0.490. The molecule has 0 spiro atoms. The van der Waals surface area contributed by atoms with E-state index in [1.807, 2.05) is 62.4 Å². The number of hydrogen-bond donors (Lipinski definition) is 0. The summed E-state index contributed by atoms with van der Waals surface area (Å²) in [5.41, 5.74) is 5.00. The number of nitrogens with zero attached hydrogens (tertiary/aromatic N) is 2. The fraction of sp³-hybridized carbons (Fsp3) is 0.0625. The summed E-state index contributed by atoms with van der Waals surface area (Å²) in [6.45, 7) is 3.99. The fourth-order valence-corrected chi connectivity index (χ4v) is 3.39. The van der Waals surface area contributed by atoms with E-state index in [0.717, 1.165) is 22.3 Å². The number of allylic oxidation sites excluding steroid dienone is 2. The summed E-state index contributed by atoms with van der Waals surface area (Å²) in [4.78, 5) is 43.9. The summed E-state index contributed by atoms with van der Waals surface area (Å²) in [5.74, 6) is -0.360. The molecule has 0 aliphatic heterocycles. The van der Waals surface area contributed by atoms with Crippen molar-refractivity contribution in [3.8, 4) is 0 Å². The molecule has 0 saturated heterocycles. The standard InChI is InChI=1S/2C16H13NO3/c2*1-12-2-4-13(5-3-12)6-11-16(18)14-7-9-15(10-8-14)17(19)20/h2*2-11H,1H3/b2*11-6+. The van der Waals surface area contributed by atoms with Crippen LogP contribution in [0.2, 0.25) is 0 Å². The molecule has 200 valence electrons. The average molecular weight is 535 g/mol. The maximum Gasteiger partial charge on any atom is 0.269 e.